The lowest BCUT2D eigenvalue weighted by Gasteiger charge is -2.08. The number of carbonyl (C=O) groups is 1. The Kier molecular flexibility index (Phi) is 6.10. The minimum atomic E-state index is -0.323. The summed E-state index contributed by atoms with van der Waals surface area (Å²) in [5.74, 6) is 2.06. The van der Waals surface area contributed by atoms with Gasteiger partial charge in [-0.15, -0.1) is 0 Å². The Bertz CT molecular complexity index is 866. The lowest BCUT2D eigenvalue weighted by atomic mass is 10.1. The van der Waals surface area contributed by atoms with Crippen LogP contribution in [0.5, 0.6) is 11.5 Å². The van der Waals surface area contributed by atoms with Crippen LogP contribution in [0.25, 0.3) is 11.3 Å². The zero-order valence-electron chi connectivity index (χ0n) is 15.3. The monoisotopic (exact) mass is 367 g/mol. The van der Waals surface area contributed by atoms with Gasteiger partial charge in [0, 0.05) is 18.1 Å². The van der Waals surface area contributed by atoms with Gasteiger partial charge in [-0.25, -0.2) is 4.98 Å². The van der Waals surface area contributed by atoms with Crippen LogP contribution in [-0.4, -0.2) is 25.2 Å². The van der Waals surface area contributed by atoms with Crippen LogP contribution < -0.4 is 9.47 Å². The van der Waals surface area contributed by atoms with E-state index < -0.39 is 0 Å². The van der Waals surface area contributed by atoms with Crippen molar-refractivity contribution in [1.29, 1.82) is 0 Å². The molecule has 6 nitrogen and oxygen atoms in total. The number of oxazole rings is 1. The summed E-state index contributed by atoms with van der Waals surface area (Å²) in [5, 5.41) is 0. The summed E-state index contributed by atoms with van der Waals surface area (Å²) in [5.41, 5.74) is 1.86. The number of esters is 1. The van der Waals surface area contributed by atoms with E-state index in [4.69, 9.17) is 18.6 Å². The van der Waals surface area contributed by atoms with Gasteiger partial charge in [-0.3, -0.25) is 4.79 Å². The fraction of sp³-hybridized carbons (Fsp3) is 0.238. The zero-order valence-corrected chi connectivity index (χ0v) is 15.3. The molecular weight excluding hydrogens is 346 g/mol. The number of carbonyl (C=O) groups excluding carboxylic acids is 1. The first-order valence-electron chi connectivity index (χ1n) is 8.55. The van der Waals surface area contributed by atoms with Gasteiger partial charge in [-0.1, -0.05) is 30.3 Å². The quantitative estimate of drug-likeness (QED) is 0.560. The van der Waals surface area contributed by atoms with Gasteiger partial charge in [0.1, 0.15) is 11.5 Å². The highest BCUT2D eigenvalue weighted by Crippen LogP contribution is 2.23. The summed E-state index contributed by atoms with van der Waals surface area (Å²) in [6.07, 6.45) is 2.39. The normalized spacial score (nSPS) is 10.4. The summed E-state index contributed by atoms with van der Waals surface area (Å²) in [6, 6.07) is 15.2. The molecule has 0 aliphatic rings. The molecule has 0 N–H and O–H groups in total. The molecule has 6 heteroatoms. The van der Waals surface area contributed by atoms with Crippen molar-refractivity contribution in [3.63, 3.8) is 0 Å². The van der Waals surface area contributed by atoms with Crippen molar-refractivity contribution in [2.24, 2.45) is 0 Å². The summed E-state index contributed by atoms with van der Waals surface area (Å²) in [6.45, 7) is 0.00704. The SMILES string of the molecule is COc1cc(CCC(=O)OCc2ncc(-c3ccccc3)o2)cc(OC)c1. The van der Waals surface area contributed by atoms with Gasteiger partial charge in [0.15, 0.2) is 12.4 Å². The Morgan fingerprint density at radius 3 is 2.41 bits per heavy atom. The third kappa shape index (κ3) is 5.10. The maximum absolute atomic E-state index is 12.0. The van der Waals surface area contributed by atoms with Crippen LogP contribution in [0.2, 0.25) is 0 Å². The van der Waals surface area contributed by atoms with Crippen LogP contribution in [-0.2, 0) is 22.6 Å². The van der Waals surface area contributed by atoms with Gasteiger partial charge < -0.3 is 18.6 Å². The second-order valence-corrected chi connectivity index (χ2v) is 5.87. The fourth-order valence-corrected chi connectivity index (χ4v) is 2.58. The van der Waals surface area contributed by atoms with E-state index >= 15 is 0 Å². The number of methoxy groups -OCH3 is 2. The molecule has 0 unspecified atom stereocenters. The molecule has 0 aliphatic carbocycles. The molecule has 0 saturated heterocycles. The van der Waals surface area contributed by atoms with E-state index in [0.29, 0.717) is 29.6 Å². The average molecular weight is 367 g/mol. The molecule has 0 fully saturated rings. The van der Waals surface area contributed by atoms with Crippen molar-refractivity contribution in [2.45, 2.75) is 19.4 Å². The molecule has 1 heterocycles. The predicted molar refractivity (Wildman–Crippen MR) is 99.6 cm³/mol. The number of ether oxygens (including phenoxy) is 3. The molecular formula is C21H21NO5. The topological polar surface area (TPSA) is 70.8 Å². The molecule has 2 aromatic carbocycles. The Labute approximate surface area is 157 Å². The fourth-order valence-electron chi connectivity index (χ4n) is 2.58. The van der Waals surface area contributed by atoms with Gasteiger partial charge in [-0.2, -0.15) is 0 Å². The highest BCUT2D eigenvalue weighted by Gasteiger charge is 2.10. The standard InChI is InChI=1S/C21H21NO5/c1-24-17-10-15(11-18(12-17)25-2)8-9-21(23)26-14-20-22-13-19(27-20)16-6-4-3-5-7-16/h3-7,10-13H,8-9,14H2,1-2H3. The molecule has 0 amide bonds. The third-order valence-electron chi connectivity index (χ3n) is 4.00. The van der Waals surface area contributed by atoms with Crippen molar-refractivity contribution in [3.05, 3.63) is 66.2 Å². The number of aryl methyl sites for hydroxylation is 1. The van der Waals surface area contributed by atoms with E-state index in [1.54, 1.807) is 26.5 Å². The largest absolute Gasteiger partial charge is 0.497 e. The smallest absolute Gasteiger partial charge is 0.306 e. The lowest BCUT2D eigenvalue weighted by molar-refractivity contribution is -0.145. The number of hydrogen-bond acceptors (Lipinski definition) is 6. The molecule has 140 valence electrons. The van der Waals surface area contributed by atoms with Gasteiger partial charge in [0.25, 0.3) is 0 Å². The van der Waals surface area contributed by atoms with Gasteiger partial charge >= 0.3 is 5.97 Å². The number of aromatic nitrogens is 1. The number of benzene rings is 2. The zero-order chi connectivity index (χ0) is 19.1. The minimum absolute atomic E-state index is 0.00704. The molecule has 3 rings (SSSR count). The van der Waals surface area contributed by atoms with E-state index in [1.807, 2.05) is 42.5 Å². The minimum Gasteiger partial charge on any atom is -0.497 e. The molecule has 27 heavy (non-hydrogen) atoms. The highest BCUT2D eigenvalue weighted by molar-refractivity contribution is 5.69. The molecule has 0 spiro atoms. The van der Waals surface area contributed by atoms with Crippen LogP contribution >= 0.6 is 0 Å². The number of nitrogens with zero attached hydrogens (tertiary/aromatic N) is 1. The lowest BCUT2D eigenvalue weighted by Crippen LogP contribution is -2.06. The Balaban J connectivity index is 1.51. The second-order valence-electron chi connectivity index (χ2n) is 5.87. The van der Waals surface area contributed by atoms with Crippen LogP contribution in [0.4, 0.5) is 0 Å². The Morgan fingerprint density at radius 2 is 1.74 bits per heavy atom. The Morgan fingerprint density at radius 1 is 1.04 bits per heavy atom. The summed E-state index contributed by atoms with van der Waals surface area (Å²) >= 11 is 0. The summed E-state index contributed by atoms with van der Waals surface area (Å²) in [7, 11) is 3.18. The second kappa shape index (κ2) is 8.89. The van der Waals surface area contributed by atoms with Crippen molar-refractivity contribution in [2.75, 3.05) is 14.2 Å². The summed E-state index contributed by atoms with van der Waals surface area (Å²) < 4.78 is 21.3. The first kappa shape index (κ1) is 18.5. The van der Waals surface area contributed by atoms with E-state index in [0.717, 1.165) is 11.1 Å². The molecule has 0 atom stereocenters. The first-order valence-corrected chi connectivity index (χ1v) is 8.55. The van der Waals surface area contributed by atoms with E-state index in [2.05, 4.69) is 4.98 Å². The van der Waals surface area contributed by atoms with Crippen LogP contribution in [0.3, 0.4) is 0 Å². The first-order chi connectivity index (χ1) is 13.2. The van der Waals surface area contributed by atoms with Gasteiger partial charge in [0.05, 0.1) is 20.4 Å². The molecule has 0 saturated carbocycles. The maximum Gasteiger partial charge on any atom is 0.306 e. The van der Waals surface area contributed by atoms with Gasteiger partial charge in [0.2, 0.25) is 5.89 Å². The van der Waals surface area contributed by atoms with Crippen molar-refractivity contribution in [1.82, 2.24) is 4.98 Å². The van der Waals surface area contributed by atoms with Crippen molar-refractivity contribution >= 4 is 5.97 Å². The van der Waals surface area contributed by atoms with Crippen LogP contribution in [0, 0.1) is 0 Å². The highest BCUT2D eigenvalue weighted by atomic mass is 16.5. The summed E-state index contributed by atoms with van der Waals surface area (Å²) in [4.78, 5) is 16.2. The third-order valence-corrected chi connectivity index (χ3v) is 4.00. The molecule has 0 radical (unpaired) electrons. The Hall–Kier alpha value is -3.28. The van der Waals surface area contributed by atoms with Crippen LogP contribution in [0.1, 0.15) is 17.9 Å². The van der Waals surface area contributed by atoms with E-state index in [-0.39, 0.29) is 19.0 Å². The average Bonchev–Trinajstić information content (AvgIpc) is 3.20. The maximum atomic E-state index is 12.0. The molecule has 3 aromatic rings. The molecule has 0 bridgehead atoms. The van der Waals surface area contributed by atoms with Crippen LogP contribution in [0.15, 0.2) is 59.1 Å². The molecule has 1 aromatic heterocycles. The number of rotatable bonds is 8. The van der Waals surface area contributed by atoms with Crippen molar-refractivity contribution < 1.29 is 23.4 Å². The van der Waals surface area contributed by atoms with E-state index in [1.165, 1.54) is 0 Å². The number of hydrogen-bond donors (Lipinski definition) is 0. The molecule has 0 aliphatic heterocycles. The van der Waals surface area contributed by atoms with Gasteiger partial charge in [-0.05, 0) is 24.1 Å². The predicted octanol–water partition coefficient (Wildman–Crippen LogP) is 4.03. The van der Waals surface area contributed by atoms with E-state index in [9.17, 15) is 4.79 Å². The van der Waals surface area contributed by atoms with Crippen molar-refractivity contribution in [3.8, 4) is 22.8 Å².